The summed E-state index contributed by atoms with van der Waals surface area (Å²) in [5.41, 5.74) is 8.52. The first-order valence-corrected chi connectivity index (χ1v) is 8.07. The van der Waals surface area contributed by atoms with Crippen molar-refractivity contribution in [1.29, 1.82) is 0 Å². The van der Waals surface area contributed by atoms with E-state index in [0.29, 0.717) is 5.92 Å². The van der Waals surface area contributed by atoms with Crippen molar-refractivity contribution in [2.24, 2.45) is 0 Å². The molecule has 0 saturated heterocycles. The Kier molecular flexibility index (Phi) is 3.96. The predicted octanol–water partition coefficient (Wildman–Crippen LogP) is 5.95. The molecule has 1 aliphatic carbocycles. The van der Waals surface area contributed by atoms with Gasteiger partial charge in [0, 0.05) is 5.92 Å². The van der Waals surface area contributed by atoms with E-state index < -0.39 is 0 Å². The Labute approximate surface area is 128 Å². The minimum absolute atomic E-state index is 0.559. The van der Waals surface area contributed by atoms with Crippen molar-refractivity contribution in [1.82, 2.24) is 0 Å². The molecule has 1 unspecified atom stereocenters. The average Bonchev–Trinajstić information content (AvgIpc) is 2.50. The topological polar surface area (TPSA) is 0 Å². The maximum absolute atomic E-state index is 4.11. The normalized spacial score (nSPS) is 16.2. The zero-order chi connectivity index (χ0) is 14.8. The molecule has 0 N–H and O–H groups in total. The van der Waals surface area contributed by atoms with Crippen LogP contribution in [0.4, 0.5) is 0 Å². The molecule has 3 rings (SSSR count). The Morgan fingerprint density at radius 3 is 2.62 bits per heavy atom. The number of fused-ring (bicyclic) bond motifs is 2. The SMILES string of the molecule is C=C(C)c1ccc2c(c1)C(CCCC)c1ccccc1C2. The lowest BCUT2D eigenvalue weighted by Gasteiger charge is -2.29. The van der Waals surface area contributed by atoms with E-state index in [1.807, 2.05) is 0 Å². The van der Waals surface area contributed by atoms with Gasteiger partial charge in [-0.25, -0.2) is 0 Å². The van der Waals surface area contributed by atoms with E-state index in [0.717, 1.165) is 12.0 Å². The number of unbranched alkanes of at least 4 members (excludes halogenated alkanes) is 1. The third-order valence-corrected chi connectivity index (χ3v) is 4.67. The molecule has 1 aliphatic rings. The largest absolute Gasteiger partial charge is 0.0955 e. The van der Waals surface area contributed by atoms with Crippen LogP contribution in [0.3, 0.4) is 0 Å². The molecule has 108 valence electrons. The average molecular weight is 276 g/mol. The monoisotopic (exact) mass is 276 g/mol. The zero-order valence-electron chi connectivity index (χ0n) is 13.2. The molecule has 0 bridgehead atoms. The third-order valence-electron chi connectivity index (χ3n) is 4.67. The van der Waals surface area contributed by atoms with Crippen molar-refractivity contribution < 1.29 is 0 Å². The molecule has 0 nitrogen and oxygen atoms in total. The summed E-state index contributed by atoms with van der Waals surface area (Å²) in [4.78, 5) is 0. The van der Waals surface area contributed by atoms with Crippen LogP contribution in [0.1, 0.15) is 66.8 Å². The summed E-state index contributed by atoms with van der Waals surface area (Å²) in [6.45, 7) is 8.48. The maximum atomic E-state index is 4.11. The molecule has 0 amide bonds. The number of benzene rings is 2. The Morgan fingerprint density at radius 1 is 1.10 bits per heavy atom. The van der Waals surface area contributed by atoms with Gasteiger partial charge in [0.25, 0.3) is 0 Å². The summed E-state index contributed by atoms with van der Waals surface area (Å²) in [5, 5.41) is 0. The molecule has 0 spiro atoms. The van der Waals surface area contributed by atoms with Gasteiger partial charge in [-0.3, -0.25) is 0 Å². The van der Waals surface area contributed by atoms with E-state index in [-0.39, 0.29) is 0 Å². The van der Waals surface area contributed by atoms with Crippen molar-refractivity contribution >= 4 is 5.57 Å². The van der Waals surface area contributed by atoms with E-state index in [1.165, 1.54) is 47.1 Å². The molecule has 2 aromatic carbocycles. The Bertz CT molecular complexity index is 663. The number of hydrogen-bond donors (Lipinski definition) is 0. The van der Waals surface area contributed by atoms with Gasteiger partial charge in [-0.05, 0) is 47.6 Å². The van der Waals surface area contributed by atoms with Gasteiger partial charge in [0.2, 0.25) is 0 Å². The first kappa shape index (κ1) is 14.1. The second-order valence-corrected chi connectivity index (χ2v) is 6.26. The Balaban J connectivity index is 2.09. The molecule has 21 heavy (non-hydrogen) atoms. The first-order valence-electron chi connectivity index (χ1n) is 8.07. The molecule has 0 fully saturated rings. The van der Waals surface area contributed by atoms with E-state index in [4.69, 9.17) is 0 Å². The van der Waals surface area contributed by atoms with Crippen LogP contribution in [0.5, 0.6) is 0 Å². The van der Waals surface area contributed by atoms with Gasteiger partial charge >= 0.3 is 0 Å². The minimum Gasteiger partial charge on any atom is -0.0955 e. The fourth-order valence-electron chi connectivity index (χ4n) is 3.47. The molecule has 0 radical (unpaired) electrons. The van der Waals surface area contributed by atoms with Crippen LogP contribution >= 0.6 is 0 Å². The molecule has 0 heterocycles. The van der Waals surface area contributed by atoms with Gasteiger partial charge in [-0.15, -0.1) is 0 Å². The van der Waals surface area contributed by atoms with Gasteiger partial charge < -0.3 is 0 Å². The molecule has 0 aromatic heterocycles. The maximum Gasteiger partial charge on any atom is 0.00952 e. The fraction of sp³-hybridized carbons (Fsp3) is 0.333. The highest BCUT2D eigenvalue weighted by Gasteiger charge is 2.24. The first-order chi connectivity index (χ1) is 10.2. The summed E-state index contributed by atoms with van der Waals surface area (Å²) >= 11 is 0. The predicted molar refractivity (Wildman–Crippen MR) is 91.8 cm³/mol. The van der Waals surface area contributed by atoms with Crippen LogP contribution in [0.15, 0.2) is 49.0 Å². The van der Waals surface area contributed by atoms with Gasteiger partial charge in [0.15, 0.2) is 0 Å². The summed E-state index contributed by atoms with van der Waals surface area (Å²) in [5.74, 6) is 0.559. The molecule has 0 heteroatoms. The molecule has 0 aliphatic heterocycles. The molecule has 1 atom stereocenters. The van der Waals surface area contributed by atoms with Crippen LogP contribution in [-0.2, 0) is 6.42 Å². The zero-order valence-corrected chi connectivity index (χ0v) is 13.2. The van der Waals surface area contributed by atoms with Crippen molar-refractivity contribution in [3.05, 3.63) is 76.9 Å². The molecular weight excluding hydrogens is 252 g/mol. The van der Waals surface area contributed by atoms with E-state index in [1.54, 1.807) is 0 Å². The second-order valence-electron chi connectivity index (χ2n) is 6.26. The van der Waals surface area contributed by atoms with Gasteiger partial charge in [0.05, 0.1) is 0 Å². The smallest absolute Gasteiger partial charge is 0.00952 e. The Morgan fingerprint density at radius 2 is 1.86 bits per heavy atom. The van der Waals surface area contributed by atoms with E-state index in [2.05, 4.69) is 62.9 Å². The lowest BCUT2D eigenvalue weighted by Crippen LogP contribution is -2.14. The van der Waals surface area contributed by atoms with Crippen LogP contribution in [0.2, 0.25) is 0 Å². The quantitative estimate of drug-likeness (QED) is 0.647. The highest BCUT2D eigenvalue weighted by Crippen LogP contribution is 2.40. The van der Waals surface area contributed by atoms with Gasteiger partial charge in [0.1, 0.15) is 0 Å². The summed E-state index contributed by atoms with van der Waals surface area (Å²) in [6.07, 6.45) is 4.87. The Hall–Kier alpha value is -1.82. The van der Waals surface area contributed by atoms with Crippen molar-refractivity contribution in [2.75, 3.05) is 0 Å². The summed E-state index contributed by atoms with van der Waals surface area (Å²) in [6, 6.07) is 15.9. The fourth-order valence-corrected chi connectivity index (χ4v) is 3.47. The lowest BCUT2D eigenvalue weighted by molar-refractivity contribution is 0.634. The highest BCUT2D eigenvalue weighted by atomic mass is 14.3. The number of hydrogen-bond acceptors (Lipinski definition) is 0. The number of allylic oxidation sites excluding steroid dienone is 1. The minimum atomic E-state index is 0.559. The summed E-state index contributed by atoms with van der Waals surface area (Å²) < 4.78 is 0. The van der Waals surface area contributed by atoms with E-state index >= 15 is 0 Å². The molecule has 0 saturated carbocycles. The second kappa shape index (κ2) is 5.89. The van der Waals surface area contributed by atoms with Crippen LogP contribution in [0.25, 0.3) is 5.57 Å². The lowest BCUT2D eigenvalue weighted by atomic mass is 9.75. The summed E-state index contributed by atoms with van der Waals surface area (Å²) in [7, 11) is 0. The third kappa shape index (κ3) is 2.68. The standard InChI is InChI=1S/C21H24/c1-4-5-9-20-19-10-7-6-8-17(19)13-18-12-11-16(15(2)3)14-21(18)20/h6-8,10-12,14,20H,2,4-5,9,13H2,1,3H3. The van der Waals surface area contributed by atoms with Crippen LogP contribution in [-0.4, -0.2) is 0 Å². The van der Waals surface area contributed by atoms with Gasteiger partial charge in [-0.2, -0.15) is 0 Å². The van der Waals surface area contributed by atoms with Crippen LogP contribution in [0, 0.1) is 0 Å². The van der Waals surface area contributed by atoms with Gasteiger partial charge in [-0.1, -0.05) is 74.4 Å². The number of rotatable bonds is 4. The van der Waals surface area contributed by atoms with Crippen LogP contribution < -0.4 is 0 Å². The molecular formula is C21H24. The van der Waals surface area contributed by atoms with Crippen molar-refractivity contribution in [3.8, 4) is 0 Å². The highest BCUT2D eigenvalue weighted by molar-refractivity contribution is 5.64. The van der Waals surface area contributed by atoms with Crippen molar-refractivity contribution in [2.45, 2.75) is 45.4 Å². The molecule has 2 aromatic rings. The van der Waals surface area contributed by atoms with Crippen molar-refractivity contribution in [3.63, 3.8) is 0 Å². The van der Waals surface area contributed by atoms with E-state index in [9.17, 15) is 0 Å².